The van der Waals surface area contributed by atoms with Crippen molar-refractivity contribution in [3.05, 3.63) is 0 Å². The summed E-state index contributed by atoms with van der Waals surface area (Å²) in [6.45, 7) is 5.75. The van der Waals surface area contributed by atoms with Crippen molar-refractivity contribution in [3.8, 4) is 0 Å². The van der Waals surface area contributed by atoms with Gasteiger partial charge in [0.1, 0.15) is 0 Å². The van der Waals surface area contributed by atoms with E-state index in [4.69, 9.17) is 29.7 Å². The van der Waals surface area contributed by atoms with E-state index in [1.54, 1.807) is 0 Å². The number of aliphatic hydroxyl groups excluding tert-OH is 3. The molecule has 86 valence electrons. The van der Waals surface area contributed by atoms with Crippen LogP contribution in [0.25, 0.3) is 0 Å². The van der Waals surface area contributed by atoms with E-state index in [-0.39, 0.29) is 0 Å². The van der Waals surface area contributed by atoms with Crippen molar-refractivity contribution in [2.24, 2.45) is 0 Å². The van der Waals surface area contributed by atoms with Gasteiger partial charge in [-0.05, 0) is 0 Å². The van der Waals surface area contributed by atoms with Crippen LogP contribution in [0.1, 0.15) is 20.3 Å². The molecule has 0 saturated heterocycles. The summed E-state index contributed by atoms with van der Waals surface area (Å²) >= 11 is 1.82. The van der Waals surface area contributed by atoms with Crippen LogP contribution in [0.5, 0.6) is 0 Å². The Labute approximate surface area is 96.6 Å². The molecule has 0 unspecified atom stereocenters. The first-order chi connectivity index (χ1) is 6.66. The third-order valence-corrected chi connectivity index (χ3v) is 0. The fraction of sp³-hybridized carbons (Fsp3) is 0.500. The molecule has 0 amide bonds. The summed E-state index contributed by atoms with van der Waals surface area (Å²) in [5, 5.41) is 20.3. The van der Waals surface area contributed by atoms with E-state index in [0.29, 0.717) is 19.4 Å². The molecule has 0 aromatic heterocycles. The molecule has 0 aromatic rings. The van der Waals surface area contributed by atoms with Crippen molar-refractivity contribution in [1.29, 1.82) is 0 Å². The summed E-state index contributed by atoms with van der Waals surface area (Å²) in [6, 6.07) is 0. The number of rotatable bonds is 0. The summed E-state index contributed by atoms with van der Waals surface area (Å²) in [5.41, 5.74) is 0. The van der Waals surface area contributed by atoms with Crippen molar-refractivity contribution >= 4 is 29.1 Å². The molecule has 8 heteroatoms. The van der Waals surface area contributed by atoms with Gasteiger partial charge in [0, 0.05) is 0 Å². The van der Waals surface area contributed by atoms with E-state index < -0.39 is 0 Å². The van der Waals surface area contributed by atoms with Crippen LogP contribution < -0.4 is 0 Å². The van der Waals surface area contributed by atoms with Crippen LogP contribution in [0.15, 0.2) is 0 Å². The third-order valence-electron chi connectivity index (χ3n) is 0. The Morgan fingerprint density at radius 3 is 0.929 bits per heavy atom. The molecule has 0 aliphatic rings. The third kappa shape index (κ3) is 2640. The predicted molar refractivity (Wildman–Crippen MR) is 46.8 cm³/mol. The van der Waals surface area contributed by atoms with Gasteiger partial charge in [0.05, 0.1) is 0 Å². The van der Waals surface area contributed by atoms with Crippen LogP contribution in [0.4, 0.5) is 0 Å². The first-order valence-electron chi connectivity index (χ1n) is 2.83. The van der Waals surface area contributed by atoms with Crippen LogP contribution >= 0.6 is 9.69 Å². The van der Waals surface area contributed by atoms with Gasteiger partial charge < -0.3 is 29.7 Å². The summed E-state index contributed by atoms with van der Waals surface area (Å²) in [6.07, 6.45) is 1.25. The second-order valence-corrected chi connectivity index (χ2v) is 0.981. The van der Waals surface area contributed by atoms with Gasteiger partial charge in [-0.2, -0.15) is 0 Å². The van der Waals surface area contributed by atoms with Crippen LogP contribution in [0.3, 0.4) is 0 Å². The molecule has 0 rings (SSSR count). The van der Waals surface area contributed by atoms with Crippen molar-refractivity contribution in [2.75, 3.05) is 0 Å². The normalized spacial score (nSPS) is 4.21. The van der Waals surface area contributed by atoms with Crippen molar-refractivity contribution in [2.45, 2.75) is 20.3 Å². The van der Waals surface area contributed by atoms with Gasteiger partial charge >= 0.3 is 27.0 Å². The van der Waals surface area contributed by atoms with E-state index >= 15 is 0 Å². The molecule has 0 heterocycles. The summed E-state index contributed by atoms with van der Waals surface area (Å²) in [4.78, 5) is 24.7. The van der Waals surface area contributed by atoms with Crippen LogP contribution in [-0.4, -0.2) is 34.7 Å². The first kappa shape index (κ1) is 29.2. The van der Waals surface area contributed by atoms with Crippen molar-refractivity contribution in [3.63, 3.8) is 0 Å². The monoisotopic (exact) mass is 316 g/mol. The number of hydrogen-bond donors (Lipinski definition) is 3. The molecule has 6 nitrogen and oxygen atoms in total. The Bertz CT molecular complexity index is 68.5. The van der Waals surface area contributed by atoms with Crippen LogP contribution in [0.2, 0.25) is 0 Å². The van der Waals surface area contributed by atoms with E-state index in [0.717, 1.165) is 0 Å². The van der Waals surface area contributed by atoms with Gasteiger partial charge in [0.2, 0.25) is 0 Å². The molecule has 0 aliphatic carbocycles. The quantitative estimate of drug-likeness (QED) is 0.453. The molecular formula is C6H11ClO6Ru. The SMILES string of the molecule is CCC.O=[C-]O.O=[C-]O.O=[C-]O.[Cl][Ru+3]. The van der Waals surface area contributed by atoms with Gasteiger partial charge in [-0.25, -0.2) is 0 Å². The minimum atomic E-state index is 0.500. The first-order valence-corrected chi connectivity index (χ1v) is 5.07. The molecule has 0 radical (unpaired) electrons. The second-order valence-electron chi connectivity index (χ2n) is 0.981. The maximum absolute atomic E-state index is 8.24. The maximum atomic E-state index is 8.24. The molecule has 0 bridgehead atoms. The van der Waals surface area contributed by atoms with E-state index in [1.807, 2.05) is 17.3 Å². The Balaban J connectivity index is -0.0000000243. The van der Waals surface area contributed by atoms with Crippen molar-refractivity contribution in [1.82, 2.24) is 0 Å². The average Bonchev–Trinajstić information content (AvgIpc) is 2.12. The molecule has 0 atom stereocenters. The zero-order valence-corrected chi connectivity index (χ0v) is 10.00. The zero-order chi connectivity index (χ0) is 12.8. The summed E-state index contributed by atoms with van der Waals surface area (Å²) in [5.74, 6) is 0. The Morgan fingerprint density at radius 2 is 0.929 bits per heavy atom. The topological polar surface area (TPSA) is 112 Å². The van der Waals surface area contributed by atoms with E-state index in [2.05, 4.69) is 23.5 Å². The fourth-order valence-electron chi connectivity index (χ4n) is 0. The molecule has 0 saturated carbocycles. The molecule has 3 N–H and O–H groups in total. The average molecular weight is 316 g/mol. The number of halogens is 1. The predicted octanol–water partition coefficient (Wildman–Crippen LogP) is 0.938. The summed E-state index contributed by atoms with van der Waals surface area (Å²) in [7, 11) is 4.57. The molecule has 0 spiro atoms. The van der Waals surface area contributed by atoms with Gasteiger partial charge in [-0.3, -0.25) is 0 Å². The standard InChI is InChI=1S/C3H8.3CHO2.ClH.Ru/c1-3-2;3*2-1-3;;/h3H2,1-2H3;3*(H,2,3);1H;/q;3*-1;;+4/p-1. The number of hydrogen-bond acceptors (Lipinski definition) is 3. The van der Waals surface area contributed by atoms with Gasteiger partial charge in [0.25, 0.3) is 0 Å². The summed E-state index contributed by atoms with van der Waals surface area (Å²) < 4.78 is 0. The Morgan fingerprint density at radius 1 is 0.929 bits per heavy atom. The Hall–Kier alpha value is -0.677. The Kier molecular flexibility index (Phi) is 298. The minimum absolute atomic E-state index is 0.500. The van der Waals surface area contributed by atoms with Gasteiger partial charge in [-0.1, -0.05) is 39.7 Å². The molecular weight excluding hydrogens is 305 g/mol. The molecule has 0 fully saturated rings. The zero-order valence-electron chi connectivity index (χ0n) is 7.51. The van der Waals surface area contributed by atoms with Crippen LogP contribution in [-0.2, 0) is 31.7 Å². The molecule has 0 aliphatic heterocycles. The molecule has 0 aromatic carbocycles. The van der Waals surface area contributed by atoms with E-state index in [9.17, 15) is 0 Å². The van der Waals surface area contributed by atoms with Crippen LogP contribution in [0, 0.1) is 0 Å². The molecule has 14 heavy (non-hydrogen) atoms. The van der Waals surface area contributed by atoms with E-state index in [1.165, 1.54) is 6.42 Å². The second kappa shape index (κ2) is 143. The van der Waals surface area contributed by atoms with Gasteiger partial charge in [-0.15, -0.1) is 0 Å². The van der Waals surface area contributed by atoms with Crippen molar-refractivity contribution < 1.29 is 47.0 Å². The van der Waals surface area contributed by atoms with Gasteiger partial charge in [0.15, 0.2) is 0 Å². The fourth-order valence-corrected chi connectivity index (χ4v) is 0.